The average Bonchev–Trinajstić information content (AvgIpc) is 2.67. The fourth-order valence-corrected chi connectivity index (χ4v) is 3.24. The number of anilines is 2. The number of aromatic nitrogens is 2. The monoisotopic (exact) mass is 404 g/mol. The Kier molecular flexibility index (Phi) is 5.93. The SMILES string of the molecule is CCNc1nc(C)cc(N2CCN(C(=O)c3ccc(Cl)c([N+](=O)[O-])c3)CC2)n1. The second-order valence-corrected chi connectivity index (χ2v) is 6.83. The predicted molar refractivity (Wildman–Crippen MR) is 107 cm³/mol. The molecule has 148 valence electrons. The Labute approximate surface area is 167 Å². The van der Waals surface area contributed by atoms with Gasteiger partial charge in [0.25, 0.3) is 11.6 Å². The van der Waals surface area contributed by atoms with Gasteiger partial charge in [-0.1, -0.05) is 11.6 Å². The molecule has 28 heavy (non-hydrogen) atoms. The summed E-state index contributed by atoms with van der Waals surface area (Å²) in [5, 5.41) is 14.2. The standard InChI is InChI=1S/C18H21ClN6O3/c1-3-20-18-21-12(2)10-16(22-18)23-6-8-24(9-7-23)17(26)13-4-5-14(19)15(11-13)25(27)28/h4-5,10-11H,3,6-9H2,1-2H3,(H,20,21,22). The van der Waals surface area contributed by atoms with Crippen molar-refractivity contribution < 1.29 is 9.72 Å². The van der Waals surface area contributed by atoms with Gasteiger partial charge in [0.1, 0.15) is 10.8 Å². The summed E-state index contributed by atoms with van der Waals surface area (Å²) in [6.45, 7) is 6.85. The van der Waals surface area contributed by atoms with Crippen molar-refractivity contribution in [3.63, 3.8) is 0 Å². The number of benzene rings is 1. The predicted octanol–water partition coefficient (Wildman–Crippen LogP) is 2.74. The van der Waals surface area contributed by atoms with E-state index in [2.05, 4.69) is 20.2 Å². The fourth-order valence-electron chi connectivity index (χ4n) is 3.06. The highest BCUT2D eigenvalue weighted by molar-refractivity contribution is 6.32. The molecule has 10 heteroatoms. The number of nitrogens with zero attached hydrogens (tertiary/aromatic N) is 5. The third-order valence-electron chi connectivity index (χ3n) is 4.46. The highest BCUT2D eigenvalue weighted by atomic mass is 35.5. The summed E-state index contributed by atoms with van der Waals surface area (Å²) in [6.07, 6.45) is 0. The minimum Gasteiger partial charge on any atom is -0.354 e. The summed E-state index contributed by atoms with van der Waals surface area (Å²) in [6, 6.07) is 6.05. The summed E-state index contributed by atoms with van der Waals surface area (Å²) in [4.78, 5) is 35.9. The van der Waals surface area contributed by atoms with Gasteiger partial charge in [-0.25, -0.2) is 4.98 Å². The summed E-state index contributed by atoms with van der Waals surface area (Å²) < 4.78 is 0. The second kappa shape index (κ2) is 8.39. The smallest absolute Gasteiger partial charge is 0.288 e. The van der Waals surface area contributed by atoms with E-state index in [1.165, 1.54) is 18.2 Å². The molecule has 0 bridgehead atoms. The molecule has 1 amide bonds. The van der Waals surface area contributed by atoms with Crippen molar-refractivity contribution in [2.45, 2.75) is 13.8 Å². The third-order valence-corrected chi connectivity index (χ3v) is 4.78. The Balaban J connectivity index is 1.69. The van der Waals surface area contributed by atoms with Gasteiger partial charge in [-0.2, -0.15) is 4.98 Å². The van der Waals surface area contributed by atoms with Crippen LogP contribution in [0, 0.1) is 17.0 Å². The Morgan fingerprint density at radius 3 is 2.61 bits per heavy atom. The van der Waals surface area contributed by atoms with Crippen LogP contribution in [-0.2, 0) is 0 Å². The molecule has 0 radical (unpaired) electrons. The molecule has 0 spiro atoms. The van der Waals surface area contributed by atoms with Crippen molar-refractivity contribution in [3.8, 4) is 0 Å². The van der Waals surface area contributed by atoms with Gasteiger partial charge in [0, 0.05) is 56.1 Å². The van der Waals surface area contributed by atoms with Gasteiger partial charge in [0.15, 0.2) is 0 Å². The van der Waals surface area contributed by atoms with Crippen LogP contribution in [-0.4, -0.2) is 58.4 Å². The second-order valence-electron chi connectivity index (χ2n) is 6.42. The van der Waals surface area contributed by atoms with E-state index in [0.29, 0.717) is 32.1 Å². The molecule has 1 aliphatic rings. The number of aryl methyl sites for hydroxylation is 1. The lowest BCUT2D eigenvalue weighted by atomic mass is 10.1. The van der Waals surface area contributed by atoms with Crippen LogP contribution in [0.15, 0.2) is 24.3 Å². The van der Waals surface area contributed by atoms with E-state index in [0.717, 1.165) is 18.1 Å². The third kappa shape index (κ3) is 4.30. The highest BCUT2D eigenvalue weighted by Gasteiger charge is 2.25. The van der Waals surface area contributed by atoms with Crippen molar-refractivity contribution >= 4 is 35.0 Å². The van der Waals surface area contributed by atoms with Crippen LogP contribution in [0.4, 0.5) is 17.5 Å². The first kappa shape index (κ1) is 19.8. The zero-order valence-electron chi connectivity index (χ0n) is 15.7. The van der Waals surface area contributed by atoms with Crippen LogP contribution in [0.5, 0.6) is 0 Å². The van der Waals surface area contributed by atoms with Crippen molar-refractivity contribution in [3.05, 3.63) is 50.7 Å². The van der Waals surface area contributed by atoms with Gasteiger partial charge in [0.05, 0.1) is 4.92 Å². The van der Waals surface area contributed by atoms with E-state index in [-0.39, 0.29) is 22.2 Å². The van der Waals surface area contributed by atoms with Crippen LogP contribution >= 0.6 is 11.6 Å². The van der Waals surface area contributed by atoms with Crippen molar-refractivity contribution in [2.75, 3.05) is 42.9 Å². The number of piperazine rings is 1. The summed E-state index contributed by atoms with van der Waals surface area (Å²) >= 11 is 5.83. The van der Waals surface area contributed by atoms with Gasteiger partial charge in [-0.15, -0.1) is 0 Å². The maximum atomic E-state index is 12.7. The number of hydrogen-bond acceptors (Lipinski definition) is 7. The van der Waals surface area contributed by atoms with Gasteiger partial charge in [-0.3, -0.25) is 14.9 Å². The maximum Gasteiger partial charge on any atom is 0.288 e. The number of halogens is 1. The molecule has 9 nitrogen and oxygen atoms in total. The van der Waals surface area contributed by atoms with Gasteiger partial charge >= 0.3 is 0 Å². The van der Waals surface area contributed by atoms with Gasteiger partial charge in [0.2, 0.25) is 5.95 Å². The van der Waals surface area contributed by atoms with Gasteiger partial charge < -0.3 is 15.1 Å². The molecule has 1 saturated heterocycles. The summed E-state index contributed by atoms with van der Waals surface area (Å²) in [5.41, 5.74) is 0.864. The number of nitrogens with one attached hydrogen (secondary N) is 1. The molecule has 0 unspecified atom stereocenters. The first-order chi connectivity index (χ1) is 13.4. The molecule has 3 rings (SSSR count). The lowest BCUT2D eigenvalue weighted by Crippen LogP contribution is -2.49. The van der Waals surface area contributed by atoms with Crippen molar-refractivity contribution in [1.29, 1.82) is 0 Å². The number of nitro benzene ring substituents is 1. The number of rotatable bonds is 5. The molecule has 0 saturated carbocycles. The topological polar surface area (TPSA) is 105 Å². The Bertz CT molecular complexity index is 899. The van der Waals surface area contributed by atoms with Crippen LogP contribution in [0.3, 0.4) is 0 Å². The van der Waals surface area contributed by atoms with E-state index in [1.807, 2.05) is 19.9 Å². The molecule has 0 aliphatic carbocycles. The van der Waals surface area contributed by atoms with Gasteiger partial charge in [-0.05, 0) is 26.0 Å². The molecule has 0 atom stereocenters. The van der Waals surface area contributed by atoms with Crippen molar-refractivity contribution in [2.24, 2.45) is 0 Å². The average molecular weight is 405 g/mol. The first-order valence-electron chi connectivity index (χ1n) is 8.96. The molecule has 2 aromatic rings. The molecule has 1 aromatic heterocycles. The van der Waals surface area contributed by atoms with E-state index in [9.17, 15) is 14.9 Å². The number of carbonyl (C=O) groups is 1. The van der Waals surface area contributed by atoms with Crippen molar-refractivity contribution in [1.82, 2.24) is 14.9 Å². The maximum absolute atomic E-state index is 12.7. The molecule has 1 fully saturated rings. The van der Waals surface area contributed by atoms with E-state index < -0.39 is 4.92 Å². The van der Waals surface area contributed by atoms with Crippen LogP contribution in [0.1, 0.15) is 23.0 Å². The lowest BCUT2D eigenvalue weighted by molar-refractivity contribution is -0.384. The molecular weight excluding hydrogens is 384 g/mol. The molecule has 1 aliphatic heterocycles. The number of nitro groups is 1. The van der Waals surface area contributed by atoms with Crippen LogP contribution < -0.4 is 10.2 Å². The zero-order valence-corrected chi connectivity index (χ0v) is 16.4. The van der Waals surface area contributed by atoms with E-state index >= 15 is 0 Å². The summed E-state index contributed by atoms with van der Waals surface area (Å²) in [5.74, 6) is 1.16. The van der Waals surface area contributed by atoms with E-state index in [1.54, 1.807) is 4.90 Å². The zero-order chi connectivity index (χ0) is 20.3. The Morgan fingerprint density at radius 1 is 1.25 bits per heavy atom. The minimum atomic E-state index is -0.587. The molecule has 1 aromatic carbocycles. The highest BCUT2D eigenvalue weighted by Crippen LogP contribution is 2.26. The van der Waals surface area contributed by atoms with Crippen LogP contribution in [0.25, 0.3) is 0 Å². The molecular formula is C18H21ClN6O3. The normalized spacial score (nSPS) is 14.1. The lowest BCUT2D eigenvalue weighted by Gasteiger charge is -2.35. The Morgan fingerprint density at radius 2 is 1.96 bits per heavy atom. The first-order valence-corrected chi connectivity index (χ1v) is 9.34. The molecule has 1 N–H and O–H groups in total. The summed E-state index contributed by atoms with van der Waals surface area (Å²) in [7, 11) is 0. The van der Waals surface area contributed by atoms with Crippen LogP contribution in [0.2, 0.25) is 5.02 Å². The van der Waals surface area contributed by atoms with E-state index in [4.69, 9.17) is 11.6 Å². The largest absolute Gasteiger partial charge is 0.354 e. The minimum absolute atomic E-state index is 0.0157. The Hall–Kier alpha value is -2.94. The quantitative estimate of drug-likeness (QED) is 0.603. The number of amides is 1. The fraction of sp³-hybridized carbons (Fsp3) is 0.389. The molecule has 2 heterocycles. The number of carbonyl (C=O) groups excluding carboxylic acids is 1. The number of hydrogen-bond donors (Lipinski definition) is 1.